The fourth-order valence-corrected chi connectivity index (χ4v) is 1.53. The maximum atomic E-state index is 13.6. The second-order valence-corrected chi connectivity index (χ2v) is 5.53. The summed E-state index contributed by atoms with van der Waals surface area (Å²) in [6, 6.07) is 2.44. The van der Waals surface area contributed by atoms with Crippen LogP contribution < -0.4 is 0 Å². The summed E-state index contributed by atoms with van der Waals surface area (Å²) in [5, 5.41) is 0. The van der Waals surface area contributed by atoms with Crippen molar-refractivity contribution in [1.82, 2.24) is 0 Å². The third-order valence-corrected chi connectivity index (χ3v) is 2.93. The SMILES string of the molecule is CC(C)(C)C(=O)Cc1c(F)ccc(Br)c1F. The molecule has 0 fully saturated rings. The summed E-state index contributed by atoms with van der Waals surface area (Å²) in [6.07, 6.45) is -0.222. The van der Waals surface area contributed by atoms with Gasteiger partial charge in [-0.25, -0.2) is 8.78 Å². The summed E-state index contributed by atoms with van der Waals surface area (Å²) in [5.41, 5.74) is -0.768. The van der Waals surface area contributed by atoms with Gasteiger partial charge in [-0.05, 0) is 28.1 Å². The van der Waals surface area contributed by atoms with Crippen LogP contribution in [0.4, 0.5) is 8.78 Å². The van der Waals surface area contributed by atoms with Gasteiger partial charge in [0.05, 0.1) is 4.47 Å². The molecule has 0 aromatic heterocycles. The molecule has 0 saturated heterocycles. The van der Waals surface area contributed by atoms with Gasteiger partial charge in [-0.2, -0.15) is 0 Å². The summed E-state index contributed by atoms with van der Waals surface area (Å²) in [5.74, 6) is -1.57. The predicted molar refractivity (Wildman–Crippen MR) is 62.2 cm³/mol. The van der Waals surface area contributed by atoms with Crippen LogP contribution in [0, 0.1) is 17.0 Å². The molecule has 0 bridgehead atoms. The van der Waals surface area contributed by atoms with Gasteiger partial charge in [0, 0.05) is 17.4 Å². The Bertz CT molecular complexity index is 422. The van der Waals surface area contributed by atoms with Crippen molar-refractivity contribution in [2.45, 2.75) is 27.2 Å². The Hall–Kier alpha value is -0.770. The van der Waals surface area contributed by atoms with Gasteiger partial charge in [-0.1, -0.05) is 20.8 Å². The lowest BCUT2D eigenvalue weighted by Crippen LogP contribution is -2.23. The number of Topliss-reactive ketones (excluding diaryl/α,β-unsaturated/α-hetero) is 1. The Kier molecular flexibility index (Phi) is 3.84. The highest BCUT2D eigenvalue weighted by Crippen LogP contribution is 2.25. The second kappa shape index (κ2) is 4.62. The largest absolute Gasteiger partial charge is 0.299 e. The van der Waals surface area contributed by atoms with Crippen molar-refractivity contribution in [3.63, 3.8) is 0 Å². The van der Waals surface area contributed by atoms with Gasteiger partial charge in [-0.15, -0.1) is 0 Å². The first kappa shape index (κ1) is 13.3. The molecule has 0 N–H and O–H groups in total. The minimum absolute atomic E-state index is 0.172. The van der Waals surface area contributed by atoms with Crippen molar-refractivity contribution in [3.05, 3.63) is 33.8 Å². The van der Waals surface area contributed by atoms with Crippen LogP contribution in [0.2, 0.25) is 0 Å². The molecule has 1 aromatic rings. The number of carbonyl (C=O) groups is 1. The number of hydrogen-bond acceptors (Lipinski definition) is 1. The Morgan fingerprint density at radius 2 is 1.88 bits per heavy atom. The van der Waals surface area contributed by atoms with Crippen molar-refractivity contribution in [1.29, 1.82) is 0 Å². The third kappa shape index (κ3) is 2.88. The zero-order valence-electron chi connectivity index (χ0n) is 9.40. The molecular formula is C12H13BrF2O. The van der Waals surface area contributed by atoms with E-state index in [9.17, 15) is 13.6 Å². The lowest BCUT2D eigenvalue weighted by atomic mass is 9.87. The molecule has 0 heterocycles. The lowest BCUT2D eigenvalue weighted by molar-refractivity contribution is -0.125. The summed E-state index contributed by atoms with van der Waals surface area (Å²) < 4.78 is 27.1. The molecule has 1 nitrogen and oxygen atoms in total. The Balaban J connectivity index is 3.07. The average molecular weight is 291 g/mol. The Morgan fingerprint density at radius 1 is 1.31 bits per heavy atom. The fourth-order valence-electron chi connectivity index (χ4n) is 1.16. The first-order chi connectivity index (χ1) is 7.23. The van der Waals surface area contributed by atoms with Crippen molar-refractivity contribution in [3.8, 4) is 0 Å². The molecule has 0 spiro atoms. The summed E-state index contributed by atoms with van der Waals surface area (Å²) in [4.78, 5) is 11.7. The van der Waals surface area contributed by atoms with E-state index in [4.69, 9.17) is 0 Å². The van der Waals surface area contributed by atoms with E-state index in [1.54, 1.807) is 20.8 Å². The lowest BCUT2D eigenvalue weighted by Gasteiger charge is -2.17. The summed E-state index contributed by atoms with van der Waals surface area (Å²) >= 11 is 2.97. The molecule has 0 atom stereocenters. The maximum Gasteiger partial charge on any atom is 0.143 e. The molecule has 4 heteroatoms. The number of benzene rings is 1. The van der Waals surface area contributed by atoms with Gasteiger partial charge in [0.15, 0.2) is 0 Å². The first-order valence-corrected chi connectivity index (χ1v) is 5.68. The topological polar surface area (TPSA) is 17.1 Å². The summed E-state index contributed by atoms with van der Waals surface area (Å²) in [6.45, 7) is 5.18. The highest BCUT2D eigenvalue weighted by molar-refractivity contribution is 9.10. The fraction of sp³-hybridized carbons (Fsp3) is 0.417. The average Bonchev–Trinajstić information content (AvgIpc) is 2.17. The number of carbonyl (C=O) groups excluding carboxylic acids is 1. The van der Waals surface area contributed by atoms with E-state index < -0.39 is 17.0 Å². The van der Waals surface area contributed by atoms with E-state index in [1.807, 2.05) is 0 Å². The molecule has 0 aliphatic carbocycles. The Labute approximate surface area is 102 Å². The molecule has 0 radical (unpaired) electrons. The van der Waals surface area contributed by atoms with Crippen molar-refractivity contribution < 1.29 is 13.6 Å². The standard InChI is InChI=1S/C12H13BrF2O/c1-12(2,3)10(16)6-7-9(14)5-4-8(13)11(7)15/h4-5H,6H2,1-3H3. The van der Waals surface area contributed by atoms with Crippen LogP contribution in [0.25, 0.3) is 0 Å². The summed E-state index contributed by atoms with van der Waals surface area (Å²) in [7, 11) is 0. The molecular weight excluding hydrogens is 278 g/mol. The maximum absolute atomic E-state index is 13.6. The number of hydrogen-bond donors (Lipinski definition) is 0. The van der Waals surface area contributed by atoms with Gasteiger partial charge in [0.1, 0.15) is 17.4 Å². The van der Waals surface area contributed by atoms with Crippen molar-refractivity contribution >= 4 is 21.7 Å². The van der Waals surface area contributed by atoms with Crippen LogP contribution in [-0.4, -0.2) is 5.78 Å². The Morgan fingerprint density at radius 3 is 2.38 bits per heavy atom. The van der Waals surface area contributed by atoms with Crippen LogP contribution >= 0.6 is 15.9 Å². The molecule has 0 unspecified atom stereocenters. The van der Waals surface area contributed by atoms with Gasteiger partial charge in [0.2, 0.25) is 0 Å². The van der Waals surface area contributed by atoms with E-state index in [0.29, 0.717) is 0 Å². The molecule has 1 rings (SSSR count). The second-order valence-electron chi connectivity index (χ2n) is 4.67. The van der Waals surface area contributed by atoms with Crippen LogP contribution in [0.15, 0.2) is 16.6 Å². The molecule has 0 saturated carbocycles. The molecule has 0 amide bonds. The number of rotatable bonds is 2. The van der Waals surface area contributed by atoms with Gasteiger partial charge in [-0.3, -0.25) is 4.79 Å². The molecule has 0 aliphatic heterocycles. The van der Waals surface area contributed by atoms with Crippen LogP contribution in [0.1, 0.15) is 26.3 Å². The monoisotopic (exact) mass is 290 g/mol. The van der Waals surface area contributed by atoms with E-state index in [-0.39, 0.29) is 22.2 Å². The van der Waals surface area contributed by atoms with Crippen LogP contribution in [-0.2, 0) is 11.2 Å². The first-order valence-electron chi connectivity index (χ1n) is 4.89. The minimum Gasteiger partial charge on any atom is -0.299 e. The number of halogens is 3. The van der Waals surface area contributed by atoms with Gasteiger partial charge >= 0.3 is 0 Å². The molecule has 16 heavy (non-hydrogen) atoms. The normalized spacial score (nSPS) is 11.6. The van der Waals surface area contributed by atoms with E-state index in [2.05, 4.69) is 15.9 Å². The smallest absolute Gasteiger partial charge is 0.143 e. The van der Waals surface area contributed by atoms with E-state index >= 15 is 0 Å². The van der Waals surface area contributed by atoms with Crippen molar-refractivity contribution in [2.75, 3.05) is 0 Å². The van der Waals surface area contributed by atoms with Gasteiger partial charge < -0.3 is 0 Å². The zero-order chi connectivity index (χ0) is 12.5. The molecule has 88 valence electrons. The highest BCUT2D eigenvalue weighted by atomic mass is 79.9. The zero-order valence-corrected chi connectivity index (χ0v) is 11.0. The van der Waals surface area contributed by atoms with Crippen LogP contribution in [0.5, 0.6) is 0 Å². The van der Waals surface area contributed by atoms with E-state index in [1.165, 1.54) is 6.07 Å². The molecule has 1 aromatic carbocycles. The van der Waals surface area contributed by atoms with E-state index in [0.717, 1.165) is 6.07 Å². The van der Waals surface area contributed by atoms with Crippen LogP contribution in [0.3, 0.4) is 0 Å². The molecule has 0 aliphatic rings. The van der Waals surface area contributed by atoms with Gasteiger partial charge in [0.25, 0.3) is 0 Å². The quantitative estimate of drug-likeness (QED) is 0.756. The van der Waals surface area contributed by atoms with Crippen molar-refractivity contribution in [2.24, 2.45) is 5.41 Å². The third-order valence-electron chi connectivity index (χ3n) is 2.31. The number of ketones is 1. The minimum atomic E-state index is -0.697. The predicted octanol–water partition coefficient (Wildman–Crippen LogP) is 3.89. The highest BCUT2D eigenvalue weighted by Gasteiger charge is 2.24.